The van der Waals surface area contributed by atoms with E-state index in [9.17, 15) is 13.6 Å². The minimum absolute atomic E-state index is 0.130. The quantitative estimate of drug-likeness (QED) is 0.750. The number of ether oxygens (including phenoxy) is 1. The number of aromatic nitrogens is 1. The van der Waals surface area contributed by atoms with Crippen molar-refractivity contribution in [2.24, 2.45) is 0 Å². The van der Waals surface area contributed by atoms with Crippen LogP contribution in [0.1, 0.15) is 41.7 Å². The fourth-order valence-electron chi connectivity index (χ4n) is 4.93. The Morgan fingerprint density at radius 2 is 1.65 bits per heavy atom. The minimum Gasteiger partial charge on any atom is -0.365 e. The zero-order valence-corrected chi connectivity index (χ0v) is 17.5. The van der Waals surface area contributed by atoms with Gasteiger partial charge in [-0.15, -0.1) is 0 Å². The molecule has 0 N–H and O–H groups in total. The first-order valence-corrected chi connectivity index (χ1v) is 11.0. The summed E-state index contributed by atoms with van der Waals surface area (Å²) in [4.78, 5) is 21.3. The summed E-state index contributed by atoms with van der Waals surface area (Å²) in [5.41, 5.74) is -0.0265. The molecule has 7 heteroatoms. The van der Waals surface area contributed by atoms with Crippen LogP contribution in [-0.2, 0) is 11.2 Å². The molecule has 1 amide bonds. The summed E-state index contributed by atoms with van der Waals surface area (Å²) in [7, 11) is 0. The van der Waals surface area contributed by atoms with Crippen LogP contribution in [0.15, 0.2) is 42.6 Å². The monoisotopic (exact) mass is 427 g/mol. The maximum Gasteiger partial charge on any atom is 0.257 e. The van der Waals surface area contributed by atoms with Crippen molar-refractivity contribution in [2.45, 2.75) is 43.3 Å². The first-order chi connectivity index (χ1) is 15.0. The van der Waals surface area contributed by atoms with E-state index >= 15 is 0 Å². The molecule has 2 saturated heterocycles. The lowest BCUT2D eigenvalue weighted by molar-refractivity contribution is -0.179. The van der Waals surface area contributed by atoms with Gasteiger partial charge in [0.05, 0.1) is 35.5 Å². The third-order valence-corrected chi connectivity index (χ3v) is 6.86. The Morgan fingerprint density at radius 1 is 0.968 bits per heavy atom. The number of piperidine rings is 1. The minimum atomic E-state index is -0.477. The number of benzene rings is 1. The van der Waals surface area contributed by atoms with Crippen molar-refractivity contribution in [3.63, 3.8) is 0 Å². The van der Waals surface area contributed by atoms with E-state index in [1.54, 1.807) is 35.4 Å². The molecule has 3 heterocycles. The largest absolute Gasteiger partial charge is 0.365 e. The Morgan fingerprint density at radius 3 is 2.32 bits per heavy atom. The van der Waals surface area contributed by atoms with E-state index in [4.69, 9.17) is 4.74 Å². The Hall–Kier alpha value is -2.38. The van der Waals surface area contributed by atoms with Gasteiger partial charge in [0.25, 0.3) is 5.91 Å². The van der Waals surface area contributed by atoms with Crippen LogP contribution in [0, 0.1) is 11.6 Å². The van der Waals surface area contributed by atoms with Crippen LogP contribution >= 0.6 is 0 Å². The molecular weight excluding hydrogens is 400 g/mol. The van der Waals surface area contributed by atoms with Crippen LogP contribution in [0.4, 0.5) is 8.78 Å². The van der Waals surface area contributed by atoms with Gasteiger partial charge < -0.3 is 14.5 Å². The lowest BCUT2D eigenvalue weighted by Gasteiger charge is -2.50. The summed E-state index contributed by atoms with van der Waals surface area (Å²) in [5.74, 6) is -0.987. The Kier molecular flexibility index (Phi) is 5.26. The zero-order valence-electron chi connectivity index (χ0n) is 17.5. The number of morpholine rings is 1. The number of nitrogens with zero attached hydrogens (tertiary/aromatic N) is 3. The number of rotatable bonds is 4. The molecule has 1 saturated carbocycles. The maximum atomic E-state index is 14.2. The van der Waals surface area contributed by atoms with Crippen molar-refractivity contribution in [1.29, 1.82) is 0 Å². The number of hydrogen-bond donors (Lipinski definition) is 0. The average molecular weight is 427 g/mol. The van der Waals surface area contributed by atoms with E-state index < -0.39 is 5.82 Å². The Bertz CT molecular complexity index is 971. The van der Waals surface area contributed by atoms with E-state index in [-0.39, 0.29) is 28.5 Å². The van der Waals surface area contributed by atoms with Gasteiger partial charge >= 0.3 is 0 Å². The molecule has 2 aliphatic heterocycles. The first-order valence-electron chi connectivity index (χ1n) is 11.0. The Labute approximate surface area is 181 Å². The fraction of sp³-hybridized carbons (Fsp3) is 0.500. The molecule has 0 bridgehead atoms. The molecule has 0 radical (unpaired) electrons. The number of amides is 1. The van der Waals surface area contributed by atoms with E-state index in [0.717, 1.165) is 45.3 Å². The van der Waals surface area contributed by atoms with Gasteiger partial charge in [-0.3, -0.25) is 9.78 Å². The van der Waals surface area contributed by atoms with Gasteiger partial charge in [-0.1, -0.05) is 12.1 Å². The van der Waals surface area contributed by atoms with Gasteiger partial charge in [0.2, 0.25) is 0 Å². The highest BCUT2D eigenvalue weighted by Gasteiger charge is 2.56. The van der Waals surface area contributed by atoms with Crippen LogP contribution in [-0.4, -0.2) is 64.6 Å². The van der Waals surface area contributed by atoms with Gasteiger partial charge in [-0.25, -0.2) is 8.78 Å². The number of pyridine rings is 1. The summed E-state index contributed by atoms with van der Waals surface area (Å²) < 4.78 is 34.7. The second-order valence-electron chi connectivity index (χ2n) is 9.13. The first kappa shape index (κ1) is 20.5. The lowest BCUT2D eigenvalue weighted by Crippen LogP contribution is -2.61. The second kappa shape index (κ2) is 7.95. The zero-order chi connectivity index (χ0) is 21.5. The van der Waals surface area contributed by atoms with Crippen molar-refractivity contribution in [3.05, 3.63) is 65.5 Å². The standard InChI is InChI=1S/C24H27F2N3O2/c25-19-5-2-1-4-18(19)22(30)29-16-23(8-9-23)31-24(17-29)10-14-28(15-11-24)13-7-21-20(26)6-3-12-27-21/h1-6,12H,7-11,13-17H2. The molecule has 164 valence electrons. The molecule has 3 fully saturated rings. The van der Waals surface area contributed by atoms with Gasteiger partial charge in [-0.2, -0.15) is 0 Å². The van der Waals surface area contributed by atoms with Gasteiger partial charge in [0.15, 0.2) is 0 Å². The molecule has 2 spiro atoms. The summed E-state index contributed by atoms with van der Waals surface area (Å²) in [6, 6.07) is 9.23. The van der Waals surface area contributed by atoms with Crippen LogP contribution in [0.3, 0.4) is 0 Å². The molecule has 3 aliphatic rings. The number of carbonyl (C=O) groups is 1. The molecule has 31 heavy (non-hydrogen) atoms. The van der Waals surface area contributed by atoms with Crippen LogP contribution < -0.4 is 0 Å². The molecule has 1 aliphatic carbocycles. The SMILES string of the molecule is O=C(c1ccccc1F)N1CC2(CCN(CCc3ncccc3F)CC2)OC2(CC2)C1. The Balaban J connectivity index is 1.24. The van der Waals surface area contributed by atoms with Crippen molar-refractivity contribution in [2.75, 3.05) is 32.7 Å². The molecule has 1 aromatic heterocycles. The van der Waals surface area contributed by atoms with Crippen molar-refractivity contribution >= 4 is 5.91 Å². The molecule has 2 aromatic rings. The fourth-order valence-corrected chi connectivity index (χ4v) is 4.93. The van der Waals surface area contributed by atoms with E-state index in [0.29, 0.717) is 25.2 Å². The van der Waals surface area contributed by atoms with Gasteiger partial charge in [-0.05, 0) is 49.9 Å². The third kappa shape index (κ3) is 4.21. The van der Waals surface area contributed by atoms with Crippen LogP contribution in [0.25, 0.3) is 0 Å². The summed E-state index contributed by atoms with van der Waals surface area (Å²) >= 11 is 0. The summed E-state index contributed by atoms with van der Waals surface area (Å²) in [6.07, 6.45) is 5.69. The maximum absolute atomic E-state index is 14.2. The van der Waals surface area contributed by atoms with Crippen LogP contribution in [0.2, 0.25) is 0 Å². The summed E-state index contributed by atoms with van der Waals surface area (Å²) in [5, 5.41) is 0. The highest BCUT2D eigenvalue weighted by Crippen LogP contribution is 2.49. The van der Waals surface area contributed by atoms with E-state index in [2.05, 4.69) is 9.88 Å². The van der Waals surface area contributed by atoms with Crippen molar-refractivity contribution in [1.82, 2.24) is 14.8 Å². The third-order valence-electron chi connectivity index (χ3n) is 6.86. The second-order valence-corrected chi connectivity index (χ2v) is 9.13. The molecule has 5 rings (SSSR count). The average Bonchev–Trinajstić information content (AvgIpc) is 3.51. The molecule has 0 atom stereocenters. The smallest absolute Gasteiger partial charge is 0.257 e. The molecular formula is C24H27F2N3O2. The van der Waals surface area contributed by atoms with Gasteiger partial charge in [0.1, 0.15) is 11.6 Å². The predicted octanol–water partition coefficient (Wildman–Crippen LogP) is 3.44. The van der Waals surface area contributed by atoms with E-state index in [1.807, 2.05) is 0 Å². The highest BCUT2D eigenvalue weighted by molar-refractivity contribution is 5.94. The number of likely N-dealkylation sites (tertiary alicyclic amines) is 1. The number of halogens is 2. The van der Waals surface area contributed by atoms with Crippen LogP contribution in [0.5, 0.6) is 0 Å². The highest BCUT2D eigenvalue weighted by atomic mass is 19.1. The van der Waals surface area contributed by atoms with Gasteiger partial charge in [0, 0.05) is 32.3 Å². The normalized spacial score (nSPS) is 22.1. The number of carbonyl (C=O) groups excluding carboxylic acids is 1. The lowest BCUT2D eigenvalue weighted by atomic mass is 9.87. The topological polar surface area (TPSA) is 45.7 Å². The molecule has 5 nitrogen and oxygen atoms in total. The predicted molar refractivity (Wildman–Crippen MR) is 112 cm³/mol. The molecule has 1 aromatic carbocycles. The molecule has 0 unspecified atom stereocenters. The van der Waals surface area contributed by atoms with Crippen molar-refractivity contribution < 1.29 is 18.3 Å². The van der Waals surface area contributed by atoms with Crippen molar-refractivity contribution in [3.8, 4) is 0 Å². The summed E-state index contributed by atoms with van der Waals surface area (Å²) in [6.45, 7) is 3.42. The number of hydrogen-bond acceptors (Lipinski definition) is 4. The van der Waals surface area contributed by atoms with E-state index in [1.165, 1.54) is 12.1 Å².